The summed E-state index contributed by atoms with van der Waals surface area (Å²) in [5.74, 6) is 0.261. The number of aromatic hydroxyl groups is 1. The first-order valence-corrected chi connectivity index (χ1v) is 6.30. The van der Waals surface area contributed by atoms with Crippen LogP contribution < -0.4 is 0 Å². The number of carbonyl (C=O) groups excluding carboxylic acids is 1. The molecule has 0 saturated carbocycles. The Morgan fingerprint density at radius 3 is 3.11 bits per heavy atom. The van der Waals surface area contributed by atoms with Crippen molar-refractivity contribution in [2.24, 2.45) is 5.41 Å². The van der Waals surface area contributed by atoms with Crippen LogP contribution in [0.3, 0.4) is 0 Å². The van der Waals surface area contributed by atoms with Gasteiger partial charge < -0.3 is 9.84 Å². The number of benzene rings is 1. The van der Waals surface area contributed by atoms with E-state index in [4.69, 9.17) is 4.74 Å². The van der Waals surface area contributed by atoms with Crippen molar-refractivity contribution in [3.8, 4) is 5.75 Å². The maximum atomic E-state index is 12.0. The van der Waals surface area contributed by atoms with E-state index in [1.165, 1.54) is 0 Å². The number of phenols is 1. The summed E-state index contributed by atoms with van der Waals surface area (Å²) in [6.45, 7) is 0. The van der Waals surface area contributed by atoms with Crippen LogP contribution in [0.1, 0.15) is 17.5 Å². The van der Waals surface area contributed by atoms with Gasteiger partial charge in [-0.05, 0) is 24.1 Å². The molecule has 1 N–H and O–H groups in total. The lowest BCUT2D eigenvalue weighted by Gasteiger charge is -2.36. The average molecular weight is 252 g/mol. The summed E-state index contributed by atoms with van der Waals surface area (Å²) in [5.41, 5.74) is 2.34. The highest BCUT2D eigenvalue weighted by Crippen LogP contribution is 2.54. The van der Waals surface area contributed by atoms with Crippen molar-refractivity contribution in [3.05, 3.63) is 53.8 Å². The van der Waals surface area contributed by atoms with Gasteiger partial charge in [0, 0.05) is 11.1 Å². The molecule has 1 aromatic rings. The first kappa shape index (κ1) is 10.6. The third kappa shape index (κ3) is 1.19. The SMILES string of the molecule is O=C1C=CCC23C=Cc4c(O)cccc4C2=COC13. The molecule has 2 aliphatic carbocycles. The van der Waals surface area contributed by atoms with Crippen molar-refractivity contribution in [2.75, 3.05) is 0 Å². The van der Waals surface area contributed by atoms with E-state index in [1.54, 1.807) is 18.4 Å². The zero-order chi connectivity index (χ0) is 13.0. The Balaban J connectivity index is 1.96. The molecule has 19 heavy (non-hydrogen) atoms. The van der Waals surface area contributed by atoms with E-state index >= 15 is 0 Å². The van der Waals surface area contributed by atoms with Gasteiger partial charge in [-0.15, -0.1) is 0 Å². The molecular formula is C16H12O3. The van der Waals surface area contributed by atoms with Gasteiger partial charge in [0.05, 0.1) is 11.7 Å². The van der Waals surface area contributed by atoms with Gasteiger partial charge in [0.2, 0.25) is 0 Å². The van der Waals surface area contributed by atoms with E-state index in [0.717, 1.165) is 23.1 Å². The minimum atomic E-state index is -0.459. The minimum absolute atomic E-state index is 0.00533. The lowest BCUT2D eigenvalue weighted by Crippen LogP contribution is -2.40. The molecule has 4 rings (SSSR count). The van der Waals surface area contributed by atoms with Crippen LogP contribution in [0.4, 0.5) is 0 Å². The first-order chi connectivity index (χ1) is 9.22. The van der Waals surface area contributed by atoms with Crippen molar-refractivity contribution in [3.63, 3.8) is 0 Å². The highest BCUT2D eigenvalue weighted by molar-refractivity contribution is 6.01. The lowest BCUT2D eigenvalue weighted by atomic mass is 9.65. The van der Waals surface area contributed by atoms with Crippen LogP contribution in [0, 0.1) is 5.41 Å². The number of phenolic OH excluding ortho intramolecular Hbond substituents is 1. The highest BCUT2D eigenvalue weighted by Gasteiger charge is 2.51. The van der Waals surface area contributed by atoms with Crippen molar-refractivity contribution in [1.29, 1.82) is 0 Å². The summed E-state index contributed by atoms with van der Waals surface area (Å²) >= 11 is 0. The van der Waals surface area contributed by atoms with E-state index in [9.17, 15) is 9.90 Å². The Bertz CT molecular complexity index is 681. The predicted octanol–water partition coefficient (Wildman–Crippen LogP) is 2.67. The smallest absolute Gasteiger partial charge is 0.197 e. The predicted molar refractivity (Wildman–Crippen MR) is 71.2 cm³/mol. The molecule has 0 aromatic heterocycles. The van der Waals surface area contributed by atoms with Crippen LogP contribution >= 0.6 is 0 Å². The summed E-state index contributed by atoms with van der Waals surface area (Å²) < 4.78 is 5.61. The Morgan fingerprint density at radius 1 is 1.32 bits per heavy atom. The number of fused-ring (bicyclic) bond motifs is 2. The fourth-order valence-corrected chi connectivity index (χ4v) is 3.26. The van der Waals surface area contributed by atoms with Gasteiger partial charge in [-0.3, -0.25) is 4.79 Å². The summed E-state index contributed by atoms with van der Waals surface area (Å²) in [6, 6.07) is 5.44. The molecule has 0 amide bonds. The second-order valence-electron chi connectivity index (χ2n) is 5.17. The minimum Gasteiger partial charge on any atom is -0.507 e. The third-order valence-electron chi connectivity index (χ3n) is 4.21. The lowest BCUT2D eigenvalue weighted by molar-refractivity contribution is -0.125. The van der Waals surface area contributed by atoms with Crippen LogP contribution in [0.5, 0.6) is 5.75 Å². The van der Waals surface area contributed by atoms with Crippen LogP contribution in [0.2, 0.25) is 0 Å². The van der Waals surface area contributed by atoms with Gasteiger partial charge in [-0.25, -0.2) is 0 Å². The van der Waals surface area contributed by atoms with Gasteiger partial charge in [0.25, 0.3) is 0 Å². The molecule has 0 fully saturated rings. The maximum absolute atomic E-state index is 12.0. The zero-order valence-electron chi connectivity index (χ0n) is 10.2. The van der Waals surface area contributed by atoms with Crippen molar-refractivity contribution in [1.82, 2.24) is 0 Å². The number of hydrogen-bond donors (Lipinski definition) is 1. The summed E-state index contributed by atoms with van der Waals surface area (Å²) in [6.07, 6.45) is 9.37. The fraction of sp³-hybridized carbons (Fsp3) is 0.188. The molecule has 1 aromatic carbocycles. The molecular weight excluding hydrogens is 240 g/mol. The van der Waals surface area contributed by atoms with Gasteiger partial charge in [-0.1, -0.05) is 30.4 Å². The van der Waals surface area contributed by atoms with Crippen LogP contribution in [-0.4, -0.2) is 17.0 Å². The summed E-state index contributed by atoms with van der Waals surface area (Å²) in [4.78, 5) is 12.0. The van der Waals surface area contributed by atoms with Crippen LogP contribution in [-0.2, 0) is 9.53 Å². The Morgan fingerprint density at radius 2 is 2.21 bits per heavy atom. The van der Waals surface area contributed by atoms with E-state index in [-0.39, 0.29) is 11.5 Å². The molecule has 3 nitrogen and oxygen atoms in total. The molecule has 1 spiro atoms. The Kier molecular flexibility index (Phi) is 1.89. The number of ether oxygens (including phenoxy) is 1. The molecule has 3 heteroatoms. The van der Waals surface area contributed by atoms with Gasteiger partial charge in [0.1, 0.15) is 5.75 Å². The molecule has 0 radical (unpaired) electrons. The Hall–Kier alpha value is -2.29. The monoisotopic (exact) mass is 252 g/mol. The van der Waals surface area contributed by atoms with Crippen molar-refractivity contribution >= 4 is 17.4 Å². The fourth-order valence-electron chi connectivity index (χ4n) is 3.26. The third-order valence-corrected chi connectivity index (χ3v) is 4.21. The van der Waals surface area contributed by atoms with E-state index in [0.29, 0.717) is 0 Å². The zero-order valence-corrected chi connectivity index (χ0v) is 10.2. The normalized spacial score (nSPS) is 30.2. The molecule has 94 valence electrons. The van der Waals surface area contributed by atoms with Crippen LogP contribution in [0.15, 0.2) is 42.7 Å². The molecule has 1 aliphatic heterocycles. The topological polar surface area (TPSA) is 46.5 Å². The summed E-state index contributed by atoms with van der Waals surface area (Å²) in [5, 5.41) is 9.92. The van der Waals surface area contributed by atoms with Gasteiger partial charge >= 0.3 is 0 Å². The van der Waals surface area contributed by atoms with E-state index in [2.05, 4.69) is 0 Å². The number of hydrogen-bond acceptors (Lipinski definition) is 3. The largest absolute Gasteiger partial charge is 0.507 e. The standard InChI is InChI=1S/C16H12O3/c17-13-4-1-3-10-11(13)6-8-16-7-2-5-14(18)15(16)19-9-12(10)16/h1-6,8-9,15,17H,7H2. The highest BCUT2D eigenvalue weighted by atomic mass is 16.5. The molecule has 0 bridgehead atoms. The van der Waals surface area contributed by atoms with E-state index < -0.39 is 11.5 Å². The van der Waals surface area contributed by atoms with E-state index in [1.807, 2.05) is 30.4 Å². The first-order valence-electron chi connectivity index (χ1n) is 6.30. The second kappa shape index (κ2) is 3.38. The maximum Gasteiger partial charge on any atom is 0.197 e. The van der Waals surface area contributed by atoms with Gasteiger partial charge in [0.15, 0.2) is 11.9 Å². The molecule has 2 unspecified atom stereocenters. The quantitative estimate of drug-likeness (QED) is 0.772. The average Bonchev–Trinajstić information content (AvgIpc) is 2.80. The molecule has 2 atom stereocenters. The number of carbonyl (C=O) groups is 1. The van der Waals surface area contributed by atoms with Gasteiger partial charge in [-0.2, -0.15) is 0 Å². The summed E-state index contributed by atoms with van der Waals surface area (Å²) in [7, 11) is 0. The van der Waals surface area contributed by atoms with Crippen LogP contribution in [0.25, 0.3) is 11.6 Å². The van der Waals surface area contributed by atoms with Crippen molar-refractivity contribution < 1.29 is 14.6 Å². The molecule has 1 heterocycles. The number of allylic oxidation sites excluding steroid dienone is 1. The second-order valence-corrected chi connectivity index (χ2v) is 5.17. The molecule has 0 saturated heterocycles. The molecule has 3 aliphatic rings. The number of ketones is 1. The number of rotatable bonds is 0. The Labute approximate surface area is 110 Å². The van der Waals surface area contributed by atoms with Crippen molar-refractivity contribution in [2.45, 2.75) is 12.5 Å².